The summed E-state index contributed by atoms with van der Waals surface area (Å²) < 4.78 is 10.1. The summed E-state index contributed by atoms with van der Waals surface area (Å²) >= 11 is 0. The quantitative estimate of drug-likeness (QED) is 0.736. The first-order valence-electron chi connectivity index (χ1n) is 6.65. The zero-order valence-electron chi connectivity index (χ0n) is 11.6. The third-order valence-electron chi connectivity index (χ3n) is 2.84. The van der Waals surface area contributed by atoms with Crippen molar-refractivity contribution in [2.75, 3.05) is 0 Å². The Morgan fingerprint density at radius 2 is 1.76 bits per heavy atom. The molecule has 0 aliphatic heterocycles. The van der Waals surface area contributed by atoms with E-state index in [1.54, 1.807) is 6.92 Å². The number of rotatable bonds is 6. The van der Waals surface area contributed by atoms with Crippen LogP contribution in [0, 0.1) is 6.92 Å². The van der Waals surface area contributed by atoms with Crippen LogP contribution >= 0.6 is 0 Å². The summed E-state index contributed by atoms with van der Waals surface area (Å²) in [6.45, 7) is 2.72. The standard InChI is InChI=1S/C14H15N5O2/c1-10-16-13(19-20-10)8-15-9-14-17-12(18-21-14)7-11-5-3-2-4-6-11/h2-6,15H,7-9H2,1H3. The Labute approximate surface area is 121 Å². The van der Waals surface area contributed by atoms with Gasteiger partial charge in [-0.05, 0) is 5.56 Å². The van der Waals surface area contributed by atoms with E-state index in [0.717, 1.165) is 5.56 Å². The highest BCUT2D eigenvalue weighted by Gasteiger charge is 2.07. The van der Waals surface area contributed by atoms with E-state index in [0.29, 0.717) is 42.9 Å². The van der Waals surface area contributed by atoms with Crippen LogP contribution in [0.4, 0.5) is 0 Å². The fraction of sp³-hybridized carbons (Fsp3) is 0.286. The molecule has 3 aromatic rings. The van der Waals surface area contributed by atoms with E-state index < -0.39 is 0 Å². The zero-order valence-corrected chi connectivity index (χ0v) is 11.6. The van der Waals surface area contributed by atoms with Gasteiger partial charge in [-0.1, -0.05) is 40.6 Å². The monoisotopic (exact) mass is 285 g/mol. The van der Waals surface area contributed by atoms with Crippen molar-refractivity contribution < 1.29 is 9.05 Å². The summed E-state index contributed by atoms with van der Waals surface area (Å²) in [6.07, 6.45) is 0.661. The van der Waals surface area contributed by atoms with Crippen LogP contribution in [0.3, 0.4) is 0 Å². The lowest BCUT2D eigenvalue weighted by molar-refractivity contribution is 0.359. The lowest BCUT2D eigenvalue weighted by Crippen LogP contribution is -2.14. The predicted octanol–water partition coefficient (Wildman–Crippen LogP) is 1.64. The van der Waals surface area contributed by atoms with E-state index in [1.165, 1.54) is 0 Å². The predicted molar refractivity (Wildman–Crippen MR) is 73.1 cm³/mol. The van der Waals surface area contributed by atoms with Gasteiger partial charge < -0.3 is 14.4 Å². The van der Waals surface area contributed by atoms with Gasteiger partial charge in [0.15, 0.2) is 11.6 Å². The van der Waals surface area contributed by atoms with E-state index in [4.69, 9.17) is 9.05 Å². The Bertz CT molecular complexity index is 692. The molecule has 0 radical (unpaired) electrons. The molecule has 0 unspecified atom stereocenters. The Kier molecular flexibility index (Phi) is 4.02. The Morgan fingerprint density at radius 3 is 2.52 bits per heavy atom. The highest BCUT2D eigenvalue weighted by Crippen LogP contribution is 2.06. The van der Waals surface area contributed by atoms with Crippen molar-refractivity contribution in [1.82, 2.24) is 25.6 Å². The molecule has 1 N–H and O–H groups in total. The molecule has 0 amide bonds. The van der Waals surface area contributed by atoms with Crippen LogP contribution < -0.4 is 5.32 Å². The molecule has 1 aromatic carbocycles. The first kappa shape index (κ1) is 13.4. The summed E-state index contributed by atoms with van der Waals surface area (Å²) in [5.74, 6) is 2.38. The molecule has 3 rings (SSSR count). The fourth-order valence-corrected chi connectivity index (χ4v) is 1.91. The van der Waals surface area contributed by atoms with Crippen molar-refractivity contribution in [3.05, 3.63) is 59.3 Å². The molecule has 0 fully saturated rings. The fourth-order valence-electron chi connectivity index (χ4n) is 1.91. The SMILES string of the molecule is Cc1nc(CNCc2nc(Cc3ccccc3)no2)no1. The number of nitrogens with one attached hydrogen (secondary N) is 1. The topological polar surface area (TPSA) is 89.9 Å². The third-order valence-corrected chi connectivity index (χ3v) is 2.84. The molecular weight excluding hydrogens is 270 g/mol. The largest absolute Gasteiger partial charge is 0.340 e. The molecule has 7 nitrogen and oxygen atoms in total. The number of hydrogen-bond donors (Lipinski definition) is 1. The molecule has 0 saturated carbocycles. The van der Waals surface area contributed by atoms with E-state index in [-0.39, 0.29) is 0 Å². The third kappa shape index (κ3) is 3.73. The molecule has 21 heavy (non-hydrogen) atoms. The summed E-state index contributed by atoms with van der Waals surface area (Å²) in [5, 5.41) is 10.9. The van der Waals surface area contributed by atoms with Crippen molar-refractivity contribution in [3.8, 4) is 0 Å². The first-order valence-corrected chi connectivity index (χ1v) is 6.65. The maximum Gasteiger partial charge on any atom is 0.240 e. The Balaban J connectivity index is 1.51. The van der Waals surface area contributed by atoms with E-state index in [2.05, 4.69) is 25.6 Å². The molecule has 2 heterocycles. The van der Waals surface area contributed by atoms with Gasteiger partial charge in [-0.15, -0.1) is 0 Å². The van der Waals surface area contributed by atoms with Gasteiger partial charge in [0.05, 0.1) is 13.1 Å². The zero-order chi connectivity index (χ0) is 14.5. The van der Waals surface area contributed by atoms with E-state index >= 15 is 0 Å². The lowest BCUT2D eigenvalue weighted by Gasteiger charge is -1.95. The molecule has 0 atom stereocenters. The molecule has 0 bridgehead atoms. The number of benzene rings is 1. The molecule has 0 spiro atoms. The Morgan fingerprint density at radius 1 is 0.952 bits per heavy atom. The van der Waals surface area contributed by atoms with Gasteiger partial charge >= 0.3 is 0 Å². The second-order valence-electron chi connectivity index (χ2n) is 4.60. The van der Waals surface area contributed by atoms with Gasteiger partial charge in [0.2, 0.25) is 11.8 Å². The van der Waals surface area contributed by atoms with Crippen molar-refractivity contribution in [2.24, 2.45) is 0 Å². The average molecular weight is 285 g/mol. The molecule has 7 heteroatoms. The van der Waals surface area contributed by atoms with E-state index in [1.807, 2.05) is 30.3 Å². The number of hydrogen-bond acceptors (Lipinski definition) is 7. The van der Waals surface area contributed by atoms with Crippen LogP contribution in [0.25, 0.3) is 0 Å². The normalized spacial score (nSPS) is 10.9. The van der Waals surface area contributed by atoms with Gasteiger partial charge in [-0.25, -0.2) is 0 Å². The minimum atomic E-state index is 0.468. The van der Waals surface area contributed by atoms with Crippen LogP contribution in [0.15, 0.2) is 39.4 Å². The maximum atomic E-state index is 5.19. The van der Waals surface area contributed by atoms with Crippen molar-refractivity contribution in [1.29, 1.82) is 0 Å². The maximum absolute atomic E-state index is 5.19. The first-order chi connectivity index (χ1) is 10.3. The highest BCUT2D eigenvalue weighted by atomic mass is 16.5. The minimum absolute atomic E-state index is 0.468. The van der Waals surface area contributed by atoms with Crippen molar-refractivity contribution in [2.45, 2.75) is 26.4 Å². The molecule has 108 valence electrons. The van der Waals surface area contributed by atoms with Crippen LogP contribution in [-0.4, -0.2) is 20.3 Å². The van der Waals surface area contributed by atoms with Crippen LogP contribution in [0.5, 0.6) is 0 Å². The van der Waals surface area contributed by atoms with Crippen LogP contribution in [-0.2, 0) is 19.5 Å². The molecule has 0 saturated heterocycles. The summed E-state index contributed by atoms with van der Waals surface area (Å²) in [4.78, 5) is 8.43. The van der Waals surface area contributed by atoms with Gasteiger partial charge in [-0.2, -0.15) is 9.97 Å². The summed E-state index contributed by atoms with van der Waals surface area (Å²) in [5.41, 5.74) is 1.15. The van der Waals surface area contributed by atoms with Crippen molar-refractivity contribution >= 4 is 0 Å². The molecule has 2 aromatic heterocycles. The van der Waals surface area contributed by atoms with Gasteiger partial charge in [0.1, 0.15) is 0 Å². The number of aryl methyl sites for hydroxylation is 1. The van der Waals surface area contributed by atoms with Gasteiger partial charge in [-0.3, -0.25) is 0 Å². The lowest BCUT2D eigenvalue weighted by atomic mass is 10.1. The number of nitrogens with zero attached hydrogens (tertiary/aromatic N) is 4. The van der Waals surface area contributed by atoms with Gasteiger partial charge in [0, 0.05) is 13.3 Å². The highest BCUT2D eigenvalue weighted by molar-refractivity contribution is 5.18. The van der Waals surface area contributed by atoms with Crippen molar-refractivity contribution in [3.63, 3.8) is 0 Å². The average Bonchev–Trinajstić information content (AvgIpc) is 3.10. The minimum Gasteiger partial charge on any atom is -0.340 e. The Hall–Kier alpha value is -2.54. The van der Waals surface area contributed by atoms with Crippen LogP contribution in [0.1, 0.15) is 29.0 Å². The second-order valence-corrected chi connectivity index (χ2v) is 4.60. The second kappa shape index (κ2) is 6.27. The summed E-state index contributed by atoms with van der Waals surface area (Å²) in [7, 11) is 0. The van der Waals surface area contributed by atoms with E-state index in [9.17, 15) is 0 Å². The molecule has 0 aliphatic carbocycles. The number of aromatic nitrogens is 4. The van der Waals surface area contributed by atoms with Gasteiger partial charge in [0.25, 0.3) is 0 Å². The van der Waals surface area contributed by atoms with Crippen LogP contribution in [0.2, 0.25) is 0 Å². The molecular formula is C14H15N5O2. The smallest absolute Gasteiger partial charge is 0.240 e. The summed E-state index contributed by atoms with van der Waals surface area (Å²) in [6, 6.07) is 10.0. The molecule has 0 aliphatic rings.